The molecule has 0 unspecified atom stereocenters. The molecule has 0 fully saturated rings. The third-order valence-electron chi connectivity index (χ3n) is 3.34. The topological polar surface area (TPSA) is 47.6 Å². The second-order valence-corrected chi connectivity index (χ2v) is 5.08. The van der Waals surface area contributed by atoms with Gasteiger partial charge in [0.1, 0.15) is 12.7 Å². The van der Waals surface area contributed by atoms with E-state index >= 15 is 0 Å². The summed E-state index contributed by atoms with van der Waals surface area (Å²) < 4.78 is 11.4. The van der Waals surface area contributed by atoms with E-state index in [4.69, 9.17) is 9.47 Å². The molecule has 1 amide bonds. The zero-order valence-corrected chi connectivity index (χ0v) is 11.8. The number of nitrogens with one attached hydrogen (secondary N) is 1. The second-order valence-electron chi connectivity index (χ2n) is 5.08. The van der Waals surface area contributed by atoms with E-state index in [9.17, 15) is 4.79 Å². The number of amides is 1. The minimum Gasteiger partial charge on any atom is -0.486 e. The first-order valence-electron chi connectivity index (χ1n) is 6.96. The van der Waals surface area contributed by atoms with Crippen molar-refractivity contribution in [3.8, 4) is 11.5 Å². The number of ether oxygens (including phenoxy) is 2. The molecule has 0 saturated carbocycles. The molecule has 4 heteroatoms. The lowest BCUT2D eigenvalue weighted by Crippen LogP contribution is -2.40. The summed E-state index contributed by atoms with van der Waals surface area (Å²) in [6, 6.07) is 15.0. The Bertz CT molecular complexity index is 654. The summed E-state index contributed by atoms with van der Waals surface area (Å²) in [7, 11) is 0. The average molecular weight is 283 g/mol. The molecule has 1 aliphatic heterocycles. The van der Waals surface area contributed by atoms with Crippen LogP contribution in [0.1, 0.15) is 15.9 Å². The average Bonchev–Trinajstić information content (AvgIpc) is 2.52. The smallest absolute Gasteiger partial charge is 0.251 e. The molecule has 108 valence electrons. The number of carbonyl (C=O) groups excluding carboxylic acids is 1. The van der Waals surface area contributed by atoms with Crippen molar-refractivity contribution in [2.75, 3.05) is 13.2 Å². The summed E-state index contributed by atoms with van der Waals surface area (Å²) in [6.45, 7) is 2.82. The Morgan fingerprint density at radius 3 is 2.81 bits per heavy atom. The molecule has 0 aliphatic carbocycles. The number of aryl methyl sites for hydroxylation is 1. The molecular weight excluding hydrogens is 266 g/mol. The monoisotopic (exact) mass is 283 g/mol. The Morgan fingerprint density at radius 1 is 1.19 bits per heavy atom. The van der Waals surface area contributed by atoms with E-state index in [2.05, 4.69) is 5.32 Å². The van der Waals surface area contributed by atoms with Gasteiger partial charge in [-0.2, -0.15) is 0 Å². The van der Waals surface area contributed by atoms with E-state index in [-0.39, 0.29) is 12.0 Å². The Labute approximate surface area is 123 Å². The number of rotatable bonds is 3. The van der Waals surface area contributed by atoms with Crippen molar-refractivity contribution in [1.82, 2.24) is 5.32 Å². The Kier molecular flexibility index (Phi) is 3.77. The van der Waals surface area contributed by atoms with Gasteiger partial charge in [-0.05, 0) is 31.2 Å². The van der Waals surface area contributed by atoms with Crippen LogP contribution in [0.15, 0.2) is 48.5 Å². The number of hydrogen-bond donors (Lipinski definition) is 1. The maximum atomic E-state index is 12.1. The number of hydrogen-bond acceptors (Lipinski definition) is 3. The maximum absolute atomic E-state index is 12.1. The molecule has 0 spiro atoms. The van der Waals surface area contributed by atoms with Crippen LogP contribution in [0.3, 0.4) is 0 Å². The summed E-state index contributed by atoms with van der Waals surface area (Å²) >= 11 is 0. The summed E-state index contributed by atoms with van der Waals surface area (Å²) in [5.74, 6) is 1.37. The van der Waals surface area contributed by atoms with Gasteiger partial charge in [-0.1, -0.05) is 29.8 Å². The first-order chi connectivity index (χ1) is 10.2. The summed E-state index contributed by atoms with van der Waals surface area (Å²) in [4.78, 5) is 12.1. The van der Waals surface area contributed by atoms with Gasteiger partial charge in [0.05, 0.1) is 6.54 Å². The van der Waals surface area contributed by atoms with Gasteiger partial charge in [0.25, 0.3) is 5.91 Å². The largest absolute Gasteiger partial charge is 0.486 e. The normalized spacial score (nSPS) is 16.3. The molecule has 2 aromatic carbocycles. The quantitative estimate of drug-likeness (QED) is 0.941. The van der Waals surface area contributed by atoms with Gasteiger partial charge in [0.15, 0.2) is 11.5 Å². The van der Waals surface area contributed by atoms with E-state index < -0.39 is 0 Å². The Morgan fingerprint density at radius 2 is 2.00 bits per heavy atom. The van der Waals surface area contributed by atoms with Gasteiger partial charge >= 0.3 is 0 Å². The van der Waals surface area contributed by atoms with Crippen molar-refractivity contribution in [3.63, 3.8) is 0 Å². The highest BCUT2D eigenvalue weighted by molar-refractivity contribution is 5.94. The van der Waals surface area contributed by atoms with Crippen LogP contribution in [-0.2, 0) is 0 Å². The van der Waals surface area contributed by atoms with E-state index in [1.165, 1.54) is 0 Å². The van der Waals surface area contributed by atoms with Crippen LogP contribution >= 0.6 is 0 Å². The first kappa shape index (κ1) is 13.5. The van der Waals surface area contributed by atoms with Crippen LogP contribution in [0.5, 0.6) is 11.5 Å². The predicted octanol–water partition coefficient (Wildman–Crippen LogP) is 2.56. The highest BCUT2D eigenvalue weighted by Gasteiger charge is 2.21. The molecular formula is C17H17NO3. The second kappa shape index (κ2) is 5.87. The van der Waals surface area contributed by atoms with Crippen LogP contribution in [0.2, 0.25) is 0 Å². The zero-order chi connectivity index (χ0) is 14.7. The lowest BCUT2D eigenvalue weighted by molar-refractivity contribution is 0.0789. The lowest BCUT2D eigenvalue weighted by Gasteiger charge is -2.26. The molecule has 2 aromatic rings. The molecule has 21 heavy (non-hydrogen) atoms. The fourth-order valence-electron chi connectivity index (χ4n) is 2.26. The van der Waals surface area contributed by atoms with Gasteiger partial charge in [-0.15, -0.1) is 0 Å². The number of para-hydroxylation sites is 2. The molecule has 1 atom stereocenters. The predicted molar refractivity (Wildman–Crippen MR) is 79.9 cm³/mol. The van der Waals surface area contributed by atoms with E-state index in [1.807, 2.05) is 49.4 Å². The third kappa shape index (κ3) is 3.16. The van der Waals surface area contributed by atoms with Crippen LogP contribution in [0.4, 0.5) is 0 Å². The van der Waals surface area contributed by atoms with Crippen LogP contribution < -0.4 is 14.8 Å². The van der Waals surface area contributed by atoms with Crippen molar-refractivity contribution in [2.45, 2.75) is 13.0 Å². The molecule has 1 aliphatic rings. The molecule has 1 heterocycles. The fraction of sp³-hybridized carbons (Fsp3) is 0.235. The zero-order valence-electron chi connectivity index (χ0n) is 11.8. The molecule has 0 radical (unpaired) electrons. The molecule has 3 rings (SSSR count). The van der Waals surface area contributed by atoms with Crippen LogP contribution in [0, 0.1) is 6.92 Å². The maximum Gasteiger partial charge on any atom is 0.251 e. The summed E-state index contributed by atoms with van der Waals surface area (Å²) in [6.07, 6.45) is -0.173. The van der Waals surface area contributed by atoms with Crippen molar-refractivity contribution in [1.29, 1.82) is 0 Å². The standard InChI is InChI=1S/C17H17NO3/c1-12-5-4-6-13(9-12)17(19)18-10-14-11-20-15-7-2-3-8-16(15)21-14/h2-9,14H,10-11H2,1H3,(H,18,19)/t14-/m1/s1. The van der Waals surface area contributed by atoms with E-state index in [0.29, 0.717) is 18.7 Å². The van der Waals surface area contributed by atoms with Crippen molar-refractivity contribution in [3.05, 3.63) is 59.7 Å². The molecule has 4 nitrogen and oxygen atoms in total. The van der Waals surface area contributed by atoms with Crippen molar-refractivity contribution in [2.24, 2.45) is 0 Å². The highest BCUT2D eigenvalue weighted by atomic mass is 16.6. The number of fused-ring (bicyclic) bond motifs is 1. The van der Waals surface area contributed by atoms with E-state index in [0.717, 1.165) is 17.1 Å². The molecule has 1 N–H and O–H groups in total. The highest BCUT2D eigenvalue weighted by Crippen LogP contribution is 2.30. The number of carbonyl (C=O) groups is 1. The van der Waals surface area contributed by atoms with Gasteiger partial charge in [-0.25, -0.2) is 0 Å². The van der Waals surface area contributed by atoms with Gasteiger partial charge in [0, 0.05) is 5.56 Å². The van der Waals surface area contributed by atoms with Gasteiger partial charge < -0.3 is 14.8 Å². The van der Waals surface area contributed by atoms with Gasteiger partial charge in [0.2, 0.25) is 0 Å². The Balaban J connectivity index is 1.58. The van der Waals surface area contributed by atoms with Crippen molar-refractivity contribution < 1.29 is 14.3 Å². The molecule has 0 aromatic heterocycles. The fourth-order valence-corrected chi connectivity index (χ4v) is 2.26. The van der Waals surface area contributed by atoms with E-state index in [1.54, 1.807) is 6.07 Å². The van der Waals surface area contributed by atoms with Crippen LogP contribution in [0.25, 0.3) is 0 Å². The third-order valence-corrected chi connectivity index (χ3v) is 3.34. The molecule has 0 saturated heterocycles. The van der Waals surface area contributed by atoms with Gasteiger partial charge in [-0.3, -0.25) is 4.79 Å². The SMILES string of the molecule is Cc1cccc(C(=O)NC[C@@H]2COc3ccccc3O2)c1. The summed E-state index contributed by atoms with van der Waals surface area (Å²) in [5, 5.41) is 2.88. The Hall–Kier alpha value is -2.49. The molecule has 0 bridgehead atoms. The summed E-state index contributed by atoms with van der Waals surface area (Å²) in [5.41, 5.74) is 1.72. The van der Waals surface area contributed by atoms with Crippen molar-refractivity contribution >= 4 is 5.91 Å². The first-order valence-corrected chi connectivity index (χ1v) is 6.96. The minimum atomic E-state index is -0.173. The van der Waals surface area contributed by atoms with Crippen LogP contribution in [-0.4, -0.2) is 25.2 Å². The lowest BCUT2D eigenvalue weighted by atomic mass is 10.1. The number of benzene rings is 2. The minimum absolute atomic E-state index is 0.0961.